The van der Waals surface area contributed by atoms with E-state index in [1.807, 2.05) is 30.1 Å². The molecule has 0 spiro atoms. The van der Waals surface area contributed by atoms with Crippen molar-refractivity contribution in [3.05, 3.63) is 65.2 Å². The number of nitriles is 1. The predicted molar refractivity (Wildman–Crippen MR) is 84.6 cm³/mol. The summed E-state index contributed by atoms with van der Waals surface area (Å²) in [4.78, 5) is 14.2. The molecule has 0 saturated carbocycles. The molecule has 0 atom stereocenters. The average molecular weight is 278 g/mol. The second-order valence-corrected chi connectivity index (χ2v) is 4.99. The van der Waals surface area contributed by atoms with E-state index in [2.05, 4.69) is 19.1 Å². The minimum absolute atomic E-state index is 0.0431. The van der Waals surface area contributed by atoms with Crippen molar-refractivity contribution in [1.29, 1.82) is 5.26 Å². The molecule has 2 aromatic carbocycles. The summed E-state index contributed by atoms with van der Waals surface area (Å²) in [5.41, 5.74) is 3.50. The largest absolute Gasteiger partial charge is 0.367 e. The van der Waals surface area contributed by atoms with Crippen LogP contribution >= 0.6 is 0 Å². The summed E-state index contributed by atoms with van der Waals surface area (Å²) < 4.78 is 0. The molecule has 0 aliphatic carbocycles. The zero-order chi connectivity index (χ0) is 15.2. The summed E-state index contributed by atoms with van der Waals surface area (Å²) in [5, 5.41) is 8.76. The van der Waals surface area contributed by atoms with Crippen molar-refractivity contribution in [2.24, 2.45) is 0 Å². The maximum absolute atomic E-state index is 12.2. The molecule has 0 bridgehead atoms. The third kappa shape index (κ3) is 3.70. The summed E-state index contributed by atoms with van der Waals surface area (Å²) in [6.07, 6.45) is 1.01. The van der Waals surface area contributed by atoms with Gasteiger partial charge in [-0.2, -0.15) is 5.26 Å². The SMILES string of the molecule is CCc1ccc(N(C)CC(=O)c2ccc(C#N)cc2)cc1. The second-order valence-electron chi connectivity index (χ2n) is 4.99. The molecule has 21 heavy (non-hydrogen) atoms. The molecule has 0 N–H and O–H groups in total. The van der Waals surface area contributed by atoms with E-state index in [1.54, 1.807) is 24.3 Å². The molecule has 0 aliphatic heterocycles. The van der Waals surface area contributed by atoms with Crippen molar-refractivity contribution in [2.45, 2.75) is 13.3 Å². The molecule has 0 aliphatic rings. The van der Waals surface area contributed by atoms with Crippen LogP contribution in [0.5, 0.6) is 0 Å². The van der Waals surface area contributed by atoms with Gasteiger partial charge in [0.1, 0.15) is 0 Å². The van der Waals surface area contributed by atoms with Crippen molar-refractivity contribution in [2.75, 3.05) is 18.5 Å². The van der Waals surface area contributed by atoms with Crippen LogP contribution in [0.2, 0.25) is 0 Å². The Kier molecular flexibility index (Phi) is 4.73. The van der Waals surface area contributed by atoms with E-state index in [1.165, 1.54) is 5.56 Å². The van der Waals surface area contributed by atoms with E-state index in [0.29, 0.717) is 17.7 Å². The van der Waals surface area contributed by atoms with Crippen molar-refractivity contribution >= 4 is 11.5 Å². The molecule has 106 valence electrons. The zero-order valence-electron chi connectivity index (χ0n) is 12.3. The van der Waals surface area contributed by atoms with Gasteiger partial charge in [-0.25, -0.2) is 0 Å². The van der Waals surface area contributed by atoms with Gasteiger partial charge in [-0.05, 0) is 36.2 Å². The Labute approximate surface area is 125 Å². The molecule has 0 saturated heterocycles. The molecular weight excluding hydrogens is 260 g/mol. The van der Waals surface area contributed by atoms with Crippen LogP contribution < -0.4 is 4.90 Å². The number of hydrogen-bond acceptors (Lipinski definition) is 3. The highest BCUT2D eigenvalue weighted by atomic mass is 16.1. The number of Topliss-reactive ketones (excluding diaryl/α,β-unsaturated/α-hetero) is 1. The standard InChI is InChI=1S/C18H18N2O/c1-3-14-6-10-17(11-7-14)20(2)13-18(21)16-8-4-15(12-19)5-9-16/h4-11H,3,13H2,1-2H3. The lowest BCUT2D eigenvalue weighted by Crippen LogP contribution is -2.25. The van der Waals surface area contributed by atoms with Gasteiger partial charge in [0, 0.05) is 18.3 Å². The first-order chi connectivity index (χ1) is 10.1. The maximum Gasteiger partial charge on any atom is 0.182 e. The van der Waals surface area contributed by atoms with Crippen molar-refractivity contribution in [1.82, 2.24) is 0 Å². The molecule has 2 rings (SSSR count). The van der Waals surface area contributed by atoms with Crippen LogP contribution in [0.3, 0.4) is 0 Å². The van der Waals surface area contributed by atoms with Gasteiger partial charge >= 0.3 is 0 Å². The number of rotatable bonds is 5. The summed E-state index contributed by atoms with van der Waals surface area (Å²) in [5.74, 6) is 0.0431. The lowest BCUT2D eigenvalue weighted by molar-refractivity contribution is 0.100. The van der Waals surface area contributed by atoms with Crippen molar-refractivity contribution in [3.63, 3.8) is 0 Å². The summed E-state index contributed by atoms with van der Waals surface area (Å²) >= 11 is 0. The molecule has 0 fully saturated rings. The van der Waals surface area contributed by atoms with E-state index >= 15 is 0 Å². The Morgan fingerprint density at radius 1 is 1.10 bits per heavy atom. The van der Waals surface area contributed by atoms with E-state index in [-0.39, 0.29) is 5.78 Å². The highest BCUT2D eigenvalue weighted by molar-refractivity contribution is 5.99. The third-order valence-electron chi connectivity index (χ3n) is 3.50. The smallest absolute Gasteiger partial charge is 0.182 e. The first-order valence-corrected chi connectivity index (χ1v) is 6.97. The number of ketones is 1. The number of nitrogens with zero attached hydrogens (tertiary/aromatic N) is 2. The number of hydrogen-bond donors (Lipinski definition) is 0. The Bertz CT molecular complexity index is 651. The number of likely N-dealkylation sites (N-methyl/N-ethyl adjacent to an activating group) is 1. The van der Waals surface area contributed by atoms with Crippen LogP contribution in [0.4, 0.5) is 5.69 Å². The molecule has 3 heteroatoms. The third-order valence-corrected chi connectivity index (χ3v) is 3.50. The van der Waals surface area contributed by atoms with Gasteiger partial charge in [-0.3, -0.25) is 4.79 Å². The quantitative estimate of drug-likeness (QED) is 0.787. The van der Waals surface area contributed by atoms with Crippen molar-refractivity contribution in [3.8, 4) is 6.07 Å². The fraction of sp³-hybridized carbons (Fsp3) is 0.222. The number of carbonyl (C=O) groups is 1. The normalized spacial score (nSPS) is 9.95. The molecule has 3 nitrogen and oxygen atoms in total. The van der Waals surface area contributed by atoms with Gasteiger partial charge in [-0.1, -0.05) is 31.2 Å². The minimum atomic E-state index is 0.0431. The Morgan fingerprint density at radius 3 is 2.24 bits per heavy atom. The van der Waals surface area contributed by atoms with Crippen LogP contribution in [0, 0.1) is 11.3 Å². The number of aryl methyl sites for hydroxylation is 1. The number of anilines is 1. The summed E-state index contributed by atoms with van der Waals surface area (Å²) in [6, 6.07) is 17.0. The van der Waals surface area contributed by atoms with Crippen LogP contribution in [-0.2, 0) is 6.42 Å². The fourth-order valence-corrected chi connectivity index (χ4v) is 2.11. The highest BCUT2D eigenvalue weighted by Gasteiger charge is 2.10. The topological polar surface area (TPSA) is 44.1 Å². The monoisotopic (exact) mass is 278 g/mol. The van der Waals surface area contributed by atoms with Gasteiger partial charge in [0.2, 0.25) is 0 Å². The molecule has 0 aromatic heterocycles. The molecule has 2 aromatic rings. The van der Waals surface area contributed by atoms with Crippen LogP contribution in [0.1, 0.15) is 28.4 Å². The lowest BCUT2D eigenvalue weighted by Gasteiger charge is -2.18. The van der Waals surface area contributed by atoms with Gasteiger partial charge < -0.3 is 4.90 Å². The van der Waals surface area contributed by atoms with E-state index in [9.17, 15) is 4.79 Å². The predicted octanol–water partition coefficient (Wildman–Crippen LogP) is 3.44. The van der Waals surface area contributed by atoms with Gasteiger partial charge in [-0.15, -0.1) is 0 Å². The zero-order valence-corrected chi connectivity index (χ0v) is 12.3. The molecule has 0 amide bonds. The average Bonchev–Trinajstić information content (AvgIpc) is 2.55. The molecular formula is C18H18N2O. The van der Waals surface area contributed by atoms with E-state index in [0.717, 1.165) is 12.1 Å². The minimum Gasteiger partial charge on any atom is -0.367 e. The van der Waals surface area contributed by atoms with E-state index < -0.39 is 0 Å². The highest BCUT2D eigenvalue weighted by Crippen LogP contribution is 2.15. The van der Waals surface area contributed by atoms with Crippen molar-refractivity contribution < 1.29 is 4.79 Å². The number of carbonyl (C=O) groups excluding carboxylic acids is 1. The first kappa shape index (κ1) is 14.8. The Morgan fingerprint density at radius 2 is 1.71 bits per heavy atom. The fourth-order valence-electron chi connectivity index (χ4n) is 2.11. The van der Waals surface area contributed by atoms with Gasteiger partial charge in [0.05, 0.1) is 18.2 Å². The van der Waals surface area contributed by atoms with E-state index in [4.69, 9.17) is 5.26 Å². The Balaban J connectivity index is 2.05. The van der Waals surface area contributed by atoms with Crippen LogP contribution in [-0.4, -0.2) is 19.4 Å². The van der Waals surface area contributed by atoms with Crippen LogP contribution in [0.25, 0.3) is 0 Å². The Hall–Kier alpha value is -2.60. The summed E-state index contributed by atoms with van der Waals surface area (Å²) in [7, 11) is 1.91. The molecule has 0 radical (unpaired) electrons. The van der Waals surface area contributed by atoms with Crippen LogP contribution in [0.15, 0.2) is 48.5 Å². The lowest BCUT2D eigenvalue weighted by atomic mass is 10.1. The summed E-state index contributed by atoms with van der Waals surface area (Å²) in [6.45, 7) is 2.44. The first-order valence-electron chi connectivity index (χ1n) is 6.97. The maximum atomic E-state index is 12.2. The van der Waals surface area contributed by atoms with Gasteiger partial charge in [0.25, 0.3) is 0 Å². The van der Waals surface area contributed by atoms with Gasteiger partial charge in [0.15, 0.2) is 5.78 Å². The molecule has 0 unspecified atom stereocenters. The molecule has 0 heterocycles. The second kappa shape index (κ2) is 6.71. The number of benzene rings is 2.